The first kappa shape index (κ1) is 18.3. The molecule has 1 aliphatic heterocycles. The molecule has 0 bridgehead atoms. The van der Waals surface area contributed by atoms with E-state index in [-0.39, 0.29) is 6.47 Å². The van der Waals surface area contributed by atoms with Crippen LogP contribution in [0.4, 0.5) is 0 Å². The second-order valence-corrected chi connectivity index (χ2v) is 4.77. The van der Waals surface area contributed by atoms with Crippen LogP contribution in [-0.4, -0.2) is 35.0 Å². The summed E-state index contributed by atoms with van der Waals surface area (Å²) >= 11 is 0. The van der Waals surface area contributed by atoms with Crippen molar-refractivity contribution in [3.63, 3.8) is 0 Å². The first-order valence-corrected chi connectivity index (χ1v) is 6.27. The molecule has 1 atom stereocenters. The van der Waals surface area contributed by atoms with E-state index in [4.69, 9.17) is 9.90 Å². The van der Waals surface area contributed by atoms with Crippen LogP contribution in [0.3, 0.4) is 0 Å². The van der Waals surface area contributed by atoms with Gasteiger partial charge in [-0.1, -0.05) is 27.7 Å². The van der Waals surface area contributed by atoms with Gasteiger partial charge in [-0.15, -0.1) is 0 Å². The lowest BCUT2D eigenvalue weighted by atomic mass is 10.2. The zero-order chi connectivity index (χ0) is 13.8. The number of rotatable bonds is 1. The van der Waals surface area contributed by atoms with Gasteiger partial charge < -0.3 is 10.0 Å². The summed E-state index contributed by atoms with van der Waals surface area (Å²) < 4.78 is 0. The van der Waals surface area contributed by atoms with Crippen molar-refractivity contribution in [1.82, 2.24) is 4.90 Å². The van der Waals surface area contributed by atoms with Crippen LogP contribution in [0.5, 0.6) is 0 Å². The highest BCUT2D eigenvalue weighted by atomic mass is 16.3. The second kappa shape index (κ2) is 11.4. The van der Waals surface area contributed by atoms with Crippen molar-refractivity contribution in [2.75, 3.05) is 6.54 Å². The van der Waals surface area contributed by atoms with Crippen LogP contribution in [0.2, 0.25) is 0 Å². The first-order valence-electron chi connectivity index (χ1n) is 6.27. The van der Waals surface area contributed by atoms with Gasteiger partial charge in [0.1, 0.15) is 0 Å². The molecule has 102 valence electrons. The highest BCUT2D eigenvalue weighted by Gasteiger charge is 2.23. The number of carbonyl (C=O) groups excluding carboxylic acids is 1. The van der Waals surface area contributed by atoms with Gasteiger partial charge >= 0.3 is 0 Å². The van der Waals surface area contributed by atoms with E-state index in [2.05, 4.69) is 27.7 Å². The Morgan fingerprint density at radius 2 is 1.88 bits per heavy atom. The van der Waals surface area contributed by atoms with Gasteiger partial charge in [-0.25, -0.2) is 0 Å². The largest absolute Gasteiger partial charge is 0.483 e. The topological polar surface area (TPSA) is 57.6 Å². The molecular weight excluding hydrogens is 218 g/mol. The summed E-state index contributed by atoms with van der Waals surface area (Å²) in [4.78, 5) is 21.5. The Morgan fingerprint density at radius 1 is 1.47 bits per heavy atom. The van der Waals surface area contributed by atoms with Gasteiger partial charge in [0.05, 0.1) is 0 Å². The Morgan fingerprint density at radius 3 is 2.12 bits per heavy atom. The average Bonchev–Trinajstić information content (AvgIpc) is 2.64. The lowest BCUT2D eigenvalue weighted by Crippen LogP contribution is -2.32. The summed E-state index contributed by atoms with van der Waals surface area (Å²) in [5.41, 5.74) is 0. The van der Waals surface area contributed by atoms with E-state index < -0.39 is 0 Å². The molecule has 1 heterocycles. The molecule has 1 N–H and O–H groups in total. The van der Waals surface area contributed by atoms with Crippen molar-refractivity contribution in [2.45, 2.75) is 59.9 Å². The Bertz CT molecular complexity index is 202. The van der Waals surface area contributed by atoms with Gasteiger partial charge in [-0.2, -0.15) is 0 Å². The Balaban J connectivity index is 0. The predicted molar refractivity (Wildman–Crippen MR) is 69.9 cm³/mol. The summed E-state index contributed by atoms with van der Waals surface area (Å²) in [7, 11) is 0. The normalized spacial score (nSPS) is 17.8. The molecule has 1 amide bonds. The summed E-state index contributed by atoms with van der Waals surface area (Å²) in [6.45, 7) is 11.3. The quantitative estimate of drug-likeness (QED) is 0.723. The maximum absolute atomic E-state index is 11.2. The third-order valence-corrected chi connectivity index (χ3v) is 2.18. The van der Waals surface area contributed by atoms with E-state index >= 15 is 0 Å². The number of nitrogens with zero attached hydrogens (tertiary/aromatic N) is 1. The van der Waals surface area contributed by atoms with E-state index in [1.165, 1.54) is 12.8 Å². The van der Waals surface area contributed by atoms with Gasteiger partial charge in [-0.05, 0) is 25.7 Å². The Kier molecular flexibility index (Phi) is 12.3. The van der Waals surface area contributed by atoms with Crippen LogP contribution in [0.1, 0.15) is 53.9 Å². The maximum atomic E-state index is 11.2. The zero-order valence-corrected chi connectivity index (χ0v) is 11.8. The van der Waals surface area contributed by atoms with Gasteiger partial charge in [0.2, 0.25) is 5.91 Å². The van der Waals surface area contributed by atoms with E-state index in [1.54, 1.807) is 0 Å². The molecule has 4 heteroatoms. The number of hydrogen-bond donors (Lipinski definition) is 1. The number of amides is 1. The summed E-state index contributed by atoms with van der Waals surface area (Å²) in [6.07, 6.45) is 3.03. The number of hydrogen-bond acceptors (Lipinski definition) is 2. The summed E-state index contributed by atoms with van der Waals surface area (Å²) in [5.74, 6) is 1.14. The fourth-order valence-corrected chi connectivity index (χ4v) is 1.51. The van der Waals surface area contributed by atoms with E-state index in [1.807, 2.05) is 11.8 Å². The molecule has 0 radical (unpaired) electrons. The van der Waals surface area contributed by atoms with Crippen molar-refractivity contribution >= 4 is 12.4 Å². The lowest BCUT2D eigenvalue weighted by Gasteiger charge is -2.20. The molecular formula is C13H27NO3. The van der Waals surface area contributed by atoms with Crippen LogP contribution in [-0.2, 0) is 9.59 Å². The van der Waals surface area contributed by atoms with Crippen LogP contribution < -0.4 is 0 Å². The van der Waals surface area contributed by atoms with Gasteiger partial charge in [0.15, 0.2) is 0 Å². The predicted octanol–water partition coefficient (Wildman–Crippen LogP) is 2.77. The summed E-state index contributed by atoms with van der Waals surface area (Å²) in [5, 5.41) is 6.89. The molecule has 0 aliphatic carbocycles. The van der Waals surface area contributed by atoms with Crippen molar-refractivity contribution in [3.8, 4) is 0 Å². The smallest absolute Gasteiger partial charge is 0.290 e. The molecule has 0 saturated carbocycles. The van der Waals surface area contributed by atoms with E-state index in [0.717, 1.165) is 12.5 Å². The van der Waals surface area contributed by atoms with Crippen molar-refractivity contribution < 1.29 is 14.7 Å². The zero-order valence-electron chi connectivity index (χ0n) is 11.8. The third-order valence-electron chi connectivity index (χ3n) is 2.18. The fourth-order valence-electron chi connectivity index (χ4n) is 1.51. The lowest BCUT2D eigenvalue weighted by molar-refractivity contribution is -0.131. The number of carboxylic acid groups (broad SMARTS) is 1. The Labute approximate surface area is 105 Å². The molecule has 1 fully saturated rings. The van der Waals surface area contributed by atoms with Crippen LogP contribution in [0.25, 0.3) is 0 Å². The minimum atomic E-state index is -0.250. The van der Waals surface area contributed by atoms with E-state index in [9.17, 15) is 4.79 Å². The Hall–Kier alpha value is -1.06. The number of carbonyl (C=O) groups is 2. The highest BCUT2D eigenvalue weighted by molar-refractivity contribution is 5.76. The molecule has 1 saturated heterocycles. The fraction of sp³-hybridized carbons (Fsp3) is 0.846. The van der Waals surface area contributed by atoms with E-state index in [0.29, 0.717) is 18.4 Å². The minimum absolute atomic E-state index is 0.250. The molecule has 1 unspecified atom stereocenters. The van der Waals surface area contributed by atoms with Gasteiger partial charge in [0, 0.05) is 19.0 Å². The maximum Gasteiger partial charge on any atom is 0.290 e. The third kappa shape index (κ3) is 11.2. The van der Waals surface area contributed by atoms with Gasteiger partial charge in [0.25, 0.3) is 6.47 Å². The van der Waals surface area contributed by atoms with Crippen LogP contribution in [0.15, 0.2) is 0 Å². The second-order valence-electron chi connectivity index (χ2n) is 4.77. The minimum Gasteiger partial charge on any atom is -0.483 e. The molecule has 4 nitrogen and oxygen atoms in total. The summed E-state index contributed by atoms with van der Waals surface area (Å²) in [6, 6.07) is 0.493. The molecule has 0 aromatic rings. The first-order chi connectivity index (χ1) is 7.90. The monoisotopic (exact) mass is 245 g/mol. The van der Waals surface area contributed by atoms with Crippen molar-refractivity contribution in [2.24, 2.45) is 5.92 Å². The van der Waals surface area contributed by atoms with Crippen LogP contribution in [0, 0.1) is 5.92 Å². The SMILES string of the molecule is CC(C)C.CCC(=O)N1CCCC1C.O=CO. The molecule has 1 rings (SSSR count). The van der Waals surface area contributed by atoms with Crippen molar-refractivity contribution in [3.05, 3.63) is 0 Å². The van der Waals surface area contributed by atoms with Crippen LogP contribution >= 0.6 is 0 Å². The molecule has 17 heavy (non-hydrogen) atoms. The molecule has 1 aliphatic rings. The standard InChI is InChI=1S/C8H15NO.C4H10.CH2O2/c1-3-8(10)9-6-4-5-7(9)2;1-4(2)3;2-1-3/h7H,3-6H2,1-2H3;4H,1-3H3;1H,(H,2,3). The van der Waals surface area contributed by atoms with Crippen molar-refractivity contribution in [1.29, 1.82) is 0 Å². The molecule has 0 aromatic carbocycles. The molecule has 0 spiro atoms. The van der Waals surface area contributed by atoms with Gasteiger partial charge in [-0.3, -0.25) is 9.59 Å². The number of likely N-dealkylation sites (tertiary alicyclic amines) is 1. The highest BCUT2D eigenvalue weighted by Crippen LogP contribution is 2.16. The average molecular weight is 245 g/mol. The molecule has 0 aromatic heterocycles.